The van der Waals surface area contributed by atoms with Crippen LogP contribution in [0.3, 0.4) is 0 Å². The number of nitrogens with one attached hydrogen (secondary N) is 2. The lowest BCUT2D eigenvalue weighted by Gasteiger charge is -2.35. The number of halogens is 1. The molecule has 1 aromatic rings. The van der Waals surface area contributed by atoms with Crippen LogP contribution >= 0.6 is 11.6 Å². The van der Waals surface area contributed by atoms with Gasteiger partial charge >= 0.3 is 12.1 Å². The van der Waals surface area contributed by atoms with E-state index in [9.17, 15) is 9.59 Å². The molecule has 0 bridgehead atoms. The first-order valence-electron chi connectivity index (χ1n) is 9.15. The van der Waals surface area contributed by atoms with E-state index in [0.29, 0.717) is 30.3 Å². The monoisotopic (exact) mass is 396 g/mol. The molecule has 1 saturated heterocycles. The Bertz CT molecular complexity index is 667. The van der Waals surface area contributed by atoms with Crippen molar-refractivity contribution in [3.63, 3.8) is 0 Å². The Labute approximate surface area is 166 Å². The third kappa shape index (κ3) is 7.27. The van der Waals surface area contributed by atoms with E-state index >= 15 is 0 Å². The maximum atomic E-state index is 12.1. The van der Waals surface area contributed by atoms with Crippen LogP contribution < -0.4 is 10.6 Å². The van der Waals surface area contributed by atoms with E-state index in [2.05, 4.69) is 15.5 Å². The summed E-state index contributed by atoms with van der Waals surface area (Å²) in [5.41, 5.74) is 1.17. The Morgan fingerprint density at radius 3 is 2.48 bits per heavy atom. The number of carbonyl (C=O) groups is 2. The molecule has 0 unspecified atom stereocenters. The molecule has 1 heterocycles. The number of rotatable bonds is 4. The van der Waals surface area contributed by atoms with Crippen molar-refractivity contribution < 1.29 is 14.3 Å². The van der Waals surface area contributed by atoms with Crippen LogP contribution in [0.15, 0.2) is 18.2 Å². The number of carbonyl (C=O) groups excluding carboxylic acids is 2. The maximum absolute atomic E-state index is 12.1. The van der Waals surface area contributed by atoms with Crippen LogP contribution in [-0.2, 0) is 4.74 Å². The Hall–Kier alpha value is -1.99. The van der Waals surface area contributed by atoms with Crippen LogP contribution in [0, 0.1) is 6.92 Å². The molecule has 1 fully saturated rings. The summed E-state index contributed by atoms with van der Waals surface area (Å²) in [6.07, 6.45) is -0.267. The molecular weight excluding hydrogens is 368 g/mol. The van der Waals surface area contributed by atoms with E-state index in [1.165, 1.54) is 0 Å². The summed E-state index contributed by atoms with van der Waals surface area (Å²) in [5, 5.41) is 6.24. The van der Waals surface area contributed by atoms with E-state index in [1.54, 1.807) is 17.0 Å². The lowest BCUT2D eigenvalue weighted by atomic mass is 10.2. The van der Waals surface area contributed by atoms with Crippen molar-refractivity contribution >= 4 is 29.4 Å². The first-order chi connectivity index (χ1) is 12.6. The van der Waals surface area contributed by atoms with Crippen molar-refractivity contribution in [2.45, 2.75) is 33.3 Å². The molecule has 8 heteroatoms. The van der Waals surface area contributed by atoms with Gasteiger partial charge in [-0.3, -0.25) is 4.90 Å². The second-order valence-corrected chi connectivity index (χ2v) is 8.09. The van der Waals surface area contributed by atoms with Crippen molar-refractivity contribution in [1.29, 1.82) is 0 Å². The SMILES string of the molecule is Cc1ccc(Cl)cc1NC(=O)NCCN1CCN(C(=O)OC(C)(C)C)CC1. The Morgan fingerprint density at radius 2 is 1.85 bits per heavy atom. The second kappa shape index (κ2) is 9.28. The fourth-order valence-electron chi connectivity index (χ4n) is 2.70. The highest BCUT2D eigenvalue weighted by Gasteiger charge is 2.25. The molecule has 150 valence electrons. The minimum atomic E-state index is -0.479. The zero-order valence-electron chi connectivity index (χ0n) is 16.5. The van der Waals surface area contributed by atoms with Gasteiger partial charge in [-0.05, 0) is 45.4 Å². The fourth-order valence-corrected chi connectivity index (χ4v) is 2.88. The van der Waals surface area contributed by atoms with E-state index in [1.807, 2.05) is 33.8 Å². The van der Waals surface area contributed by atoms with E-state index < -0.39 is 5.60 Å². The van der Waals surface area contributed by atoms with Gasteiger partial charge in [0.05, 0.1) is 0 Å². The molecule has 0 aromatic heterocycles. The van der Waals surface area contributed by atoms with Gasteiger partial charge < -0.3 is 20.3 Å². The van der Waals surface area contributed by atoms with Crippen molar-refractivity contribution in [1.82, 2.24) is 15.1 Å². The molecule has 0 saturated carbocycles. The number of urea groups is 1. The molecule has 1 aliphatic heterocycles. The van der Waals surface area contributed by atoms with E-state index in [0.717, 1.165) is 25.2 Å². The number of hydrogen-bond acceptors (Lipinski definition) is 4. The summed E-state index contributed by atoms with van der Waals surface area (Å²) >= 11 is 5.96. The topological polar surface area (TPSA) is 73.9 Å². The average molecular weight is 397 g/mol. The summed E-state index contributed by atoms with van der Waals surface area (Å²) in [6.45, 7) is 11.5. The molecule has 0 aliphatic carbocycles. The lowest BCUT2D eigenvalue weighted by Crippen LogP contribution is -2.51. The normalized spacial score (nSPS) is 15.4. The van der Waals surface area contributed by atoms with Gasteiger partial charge in [-0.15, -0.1) is 0 Å². The molecule has 0 atom stereocenters. The number of hydrogen-bond donors (Lipinski definition) is 2. The van der Waals surface area contributed by atoms with Crippen LogP contribution in [0.5, 0.6) is 0 Å². The summed E-state index contributed by atoms with van der Waals surface area (Å²) < 4.78 is 5.39. The number of piperazine rings is 1. The van der Waals surface area contributed by atoms with E-state index in [4.69, 9.17) is 16.3 Å². The Balaban J connectivity index is 1.67. The summed E-state index contributed by atoms with van der Waals surface area (Å²) in [4.78, 5) is 28.0. The largest absolute Gasteiger partial charge is 0.444 e. The van der Waals surface area contributed by atoms with Crippen LogP contribution in [-0.4, -0.2) is 66.8 Å². The minimum Gasteiger partial charge on any atom is -0.444 e. The number of aryl methyl sites for hydroxylation is 1. The van der Waals surface area contributed by atoms with Crippen molar-refractivity contribution in [3.05, 3.63) is 28.8 Å². The minimum absolute atomic E-state index is 0.257. The smallest absolute Gasteiger partial charge is 0.410 e. The highest BCUT2D eigenvalue weighted by Crippen LogP contribution is 2.19. The molecule has 0 spiro atoms. The second-order valence-electron chi connectivity index (χ2n) is 7.65. The summed E-state index contributed by atoms with van der Waals surface area (Å²) in [7, 11) is 0. The van der Waals surface area contributed by atoms with Crippen LogP contribution in [0.1, 0.15) is 26.3 Å². The number of benzene rings is 1. The quantitative estimate of drug-likeness (QED) is 0.818. The molecule has 3 amide bonds. The fraction of sp³-hybridized carbons (Fsp3) is 0.579. The molecule has 0 radical (unpaired) electrons. The molecule has 27 heavy (non-hydrogen) atoms. The molecule has 1 aromatic carbocycles. The standard InChI is InChI=1S/C19H29ClN4O3/c1-14-5-6-15(20)13-16(14)22-17(25)21-7-8-23-9-11-24(12-10-23)18(26)27-19(2,3)4/h5-6,13H,7-12H2,1-4H3,(H2,21,22,25). The highest BCUT2D eigenvalue weighted by molar-refractivity contribution is 6.31. The van der Waals surface area contributed by atoms with Gasteiger partial charge in [0.25, 0.3) is 0 Å². The van der Waals surface area contributed by atoms with E-state index in [-0.39, 0.29) is 12.1 Å². The molecule has 7 nitrogen and oxygen atoms in total. The predicted molar refractivity (Wildman–Crippen MR) is 107 cm³/mol. The van der Waals surface area contributed by atoms with Crippen LogP contribution in [0.25, 0.3) is 0 Å². The average Bonchev–Trinajstić information content (AvgIpc) is 2.57. The van der Waals surface area contributed by atoms with Crippen molar-refractivity contribution in [2.24, 2.45) is 0 Å². The molecule has 2 rings (SSSR count). The van der Waals surface area contributed by atoms with Crippen molar-refractivity contribution in [2.75, 3.05) is 44.6 Å². The molecule has 2 N–H and O–H groups in total. The summed E-state index contributed by atoms with van der Waals surface area (Å²) in [6, 6.07) is 5.12. The Kier molecular flexibility index (Phi) is 7.33. The number of ether oxygens (including phenoxy) is 1. The first-order valence-corrected chi connectivity index (χ1v) is 9.53. The van der Waals surface area contributed by atoms with Gasteiger partial charge in [-0.25, -0.2) is 9.59 Å². The van der Waals surface area contributed by atoms with Gasteiger partial charge in [-0.2, -0.15) is 0 Å². The molecular formula is C19H29ClN4O3. The zero-order chi connectivity index (χ0) is 20.0. The lowest BCUT2D eigenvalue weighted by molar-refractivity contribution is 0.0147. The van der Waals surface area contributed by atoms with Gasteiger partial charge in [0.15, 0.2) is 0 Å². The van der Waals surface area contributed by atoms with Gasteiger partial charge in [0.2, 0.25) is 0 Å². The number of nitrogens with zero attached hydrogens (tertiary/aromatic N) is 2. The summed E-state index contributed by atoms with van der Waals surface area (Å²) in [5.74, 6) is 0. The third-order valence-corrected chi connectivity index (χ3v) is 4.42. The van der Waals surface area contributed by atoms with Gasteiger partial charge in [0.1, 0.15) is 5.60 Å². The number of anilines is 1. The van der Waals surface area contributed by atoms with Gasteiger partial charge in [-0.1, -0.05) is 17.7 Å². The third-order valence-electron chi connectivity index (χ3n) is 4.19. The van der Waals surface area contributed by atoms with Crippen molar-refractivity contribution in [3.8, 4) is 0 Å². The highest BCUT2D eigenvalue weighted by atomic mass is 35.5. The molecule has 1 aliphatic rings. The van der Waals surface area contributed by atoms with Crippen LogP contribution in [0.4, 0.5) is 15.3 Å². The predicted octanol–water partition coefficient (Wildman–Crippen LogP) is 3.32. The van der Waals surface area contributed by atoms with Crippen LogP contribution in [0.2, 0.25) is 5.02 Å². The number of amides is 3. The first kappa shape index (κ1) is 21.3. The maximum Gasteiger partial charge on any atom is 0.410 e. The zero-order valence-corrected chi connectivity index (χ0v) is 17.2. The Morgan fingerprint density at radius 1 is 1.19 bits per heavy atom. The van der Waals surface area contributed by atoms with Gasteiger partial charge in [0, 0.05) is 50.0 Å².